The molecule has 0 atom stereocenters. The van der Waals surface area contributed by atoms with Crippen LogP contribution in [0.5, 0.6) is 5.75 Å². The van der Waals surface area contributed by atoms with E-state index >= 15 is 0 Å². The van der Waals surface area contributed by atoms with Crippen LogP contribution in [0.4, 0.5) is 5.69 Å². The van der Waals surface area contributed by atoms with E-state index in [9.17, 15) is 0 Å². The highest BCUT2D eigenvalue weighted by Gasteiger charge is 2.16. The number of hydrogen-bond acceptors (Lipinski definition) is 3. The van der Waals surface area contributed by atoms with Gasteiger partial charge in [0.2, 0.25) is 0 Å². The summed E-state index contributed by atoms with van der Waals surface area (Å²) in [6.45, 7) is 0. The zero-order valence-corrected chi connectivity index (χ0v) is 12.6. The van der Waals surface area contributed by atoms with E-state index in [-0.39, 0.29) is 0 Å². The molecular formula is C18H16NOS. The number of anilines is 1. The molecule has 0 aliphatic heterocycles. The molecule has 3 heteroatoms. The van der Waals surface area contributed by atoms with Crippen LogP contribution >= 0.6 is 11.3 Å². The van der Waals surface area contributed by atoms with E-state index in [0.717, 1.165) is 23.0 Å². The average molecular weight is 294 g/mol. The van der Waals surface area contributed by atoms with Crippen LogP contribution in [-0.4, -0.2) is 7.11 Å². The van der Waals surface area contributed by atoms with E-state index in [2.05, 4.69) is 47.1 Å². The van der Waals surface area contributed by atoms with Crippen LogP contribution in [0.25, 0.3) is 0 Å². The van der Waals surface area contributed by atoms with Crippen molar-refractivity contribution in [3.63, 3.8) is 0 Å². The van der Waals surface area contributed by atoms with Gasteiger partial charge in [-0.3, -0.25) is 0 Å². The van der Waals surface area contributed by atoms with Crippen molar-refractivity contribution in [2.45, 2.75) is 0 Å². The molecule has 2 aromatic carbocycles. The molecule has 3 aromatic rings. The maximum absolute atomic E-state index is 5.23. The fraction of sp³-hybridized carbons (Fsp3) is 0.0556. The van der Waals surface area contributed by atoms with Crippen LogP contribution in [0.15, 0.2) is 72.1 Å². The highest BCUT2D eigenvalue weighted by molar-refractivity contribution is 7.10. The molecule has 21 heavy (non-hydrogen) atoms. The summed E-state index contributed by atoms with van der Waals surface area (Å²) in [5.74, 6) is 0.865. The molecule has 0 saturated heterocycles. The molecule has 0 saturated carbocycles. The molecule has 2 nitrogen and oxygen atoms in total. The second kappa shape index (κ2) is 6.46. The Balaban J connectivity index is 1.92. The highest BCUT2D eigenvalue weighted by atomic mass is 32.1. The lowest BCUT2D eigenvalue weighted by molar-refractivity contribution is 0.414. The smallest absolute Gasteiger partial charge is 0.130 e. The quantitative estimate of drug-likeness (QED) is 0.730. The van der Waals surface area contributed by atoms with E-state index < -0.39 is 0 Å². The van der Waals surface area contributed by atoms with Gasteiger partial charge in [-0.15, -0.1) is 11.3 Å². The van der Waals surface area contributed by atoms with Crippen molar-refractivity contribution in [2.75, 3.05) is 12.4 Å². The first-order valence-corrected chi connectivity index (χ1v) is 7.62. The topological polar surface area (TPSA) is 21.3 Å². The Hall–Kier alpha value is -2.26. The molecule has 3 rings (SSSR count). The predicted octanol–water partition coefficient (Wildman–Crippen LogP) is 4.80. The average Bonchev–Trinajstić information content (AvgIpc) is 3.08. The Morgan fingerprint density at radius 3 is 2.29 bits per heavy atom. The Kier molecular flexibility index (Phi) is 4.22. The third-order valence-electron chi connectivity index (χ3n) is 3.19. The lowest BCUT2D eigenvalue weighted by Gasteiger charge is -2.18. The van der Waals surface area contributed by atoms with Gasteiger partial charge in [0.1, 0.15) is 11.8 Å². The molecule has 0 fully saturated rings. The van der Waals surface area contributed by atoms with Gasteiger partial charge in [-0.05, 0) is 41.3 Å². The van der Waals surface area contributed by atoms with Crippen LogP contribution in [0.3, 0.4) is 0 Å². The van der Waals surface area contributed by atoms with Gasteiger partial charge in [-0.1, -0.05) is 36.4 Å². The van der Waals surface area contributed by atoms with Gasteiger partial charge in [-0.2, -0.15) is 0 Å². The third-order valence-corrected chi connectivity index (χ3v) is 4.08. The monoisotopic (exact) mass is 294 g/mol. The van der Waals surface area contributed by atoms with Crippen molar-refractivity contribution < 1.29 is 4.74 Å². The molecule has 105 valence electrons. The third kappa shape index (κ3) is 3.26. The second-order valence-corrected chi connectivity index (χ2v) is 5.52. The van der Waals surface area contributed by atoms with Crippen LogP contribution in [0.1, 0.15) is 10.4 Å². The largest absolute Gasteiger partial charge is 0.497 e. The number of ether oxygens (including phenoxy) is 1. The van der Waals surface area contributed by atoms with E-state index in [4.69, 9.17) is 4.74 Å². The van der Waals surface area contributed by atoms with Crippen molar-refractivity contribution >= 4 is 17.0 Å². The zero-order valence-electron chi connectivity index (χ0n) is 11.7. The normalized spacial score (nSPS) is 10.6. The van der Waals surface area contributed by atoms with Crippen molar-refractivity contribution in [1.29, 1.82) is 0 Å². The number of benzene rings is 2. The lowest BCUT2D eigenvalue weighted by Crippen LogP contribution is -2.11. The summed E-state index contributed by atoms with van der Waals surface area (Å²) < 4.78 is 5.23. The van der Waals surface area contributed by atoms with E-state index in [1.165, 1.54) is 4.88 Å². The molecule has 0 aliphatic carbocycles. The summed E-state index contributed by atoms with van der Waals surface area (Å²) >= 11 is 1.72. The van der Waals surface area contributed by atoms with Crippen molar-refractivity contribution in [2.24, 2.45) is 0 Å². The van der Waals surface area contributed by atoms with Gasteiger partial charge in [-0.25, -0.2) is 0 Å². The van der Waals surface area contributed by atoms with Crippen LogP contribution in [0.2, 0.25) is 0 Å². The number of methoxy groups -OCH3 is 1. The number of hydrogen-bond donors (Lipinski definition) is 1. The summed E-state index contributed by atoms with van der Waals surface area (Å²) in [5, 5.41) is 5.61. The SMILES string of the molecule is COc1ccc([C](Nc2ccccc2)c2cccs2)cc1. The molecule has 1 heterocycles. The molecule has 1 aromatic heterocycles. The predicted molar refractivity (Wildman–Crippen MR) is 88.8 cm³/mol. The zero-order chi connectivity index (χ0) is 14.5. The molecule has 0 bridgehead atoms. The van der Waals surface area contributed by atoms with Crippen LogP contribution < -0.4 is 10.1 Å². The summed E-state index contributed by atoms with van der Waals surface area (Å²) in [5.41, 5.74) is 2.22. The summed E-state index contributed by atoms with van der Waals surface area (Å²) in [4.78, 5) is 1.21. The minimum Gasteiger partial charge on any atom is -0.497 e. The molecule has 0 aliphatic rings. The standard InChI is InChI=1S/C18H16NOS/c1-20-16-11-9-14(10-12-16)18(17-8-5-13-21-17)19-15-6-3-2-4-7-15/h2-13,19H,1H3. The van der Waals surface area contributed by atoms with Crippen LogP contribution in [-0.2, 0) is 0 Å². The van der Waals surface area contributed by atoms with Gasteiger partial charge >= 0.3 is 0 Å². The number of nitrogens with one attached hydrogen (secondary N) is 1. The maximum Gasteiger partial charge on any atom is 0.130 e. The Labute approximate surface area is 129 Å². The Bertz CT molecular complexity index is 662. The highest BCUT2D eigenvalue weighted by Crippen LogP contribution is 2.29. The molecule has 1 N–H and O–H groups in total. The first kappa shape index (κ1) is 13.7. The summed E-state index contributed by atoms with van der Waals surface area (Å²) in [6.07, 6.45) is 0. The molecule has 0 unspecified atom stereocenters. The van der Waals surface area contributed by atoms with Gasteiger partial charge in [0.15, 0.2) is 0 Å². The number of para-hydroxylation sites is 1. The molecule has 0 spiro atoms. The van der Waals surface area contributed by atoms with Crippen LogP contribution in [0, 0.1) is 6.04 Å². The minimum atomic E-state index is 0.865. The molecule has 1 radical (unpaired) electrons. The molecular weight excluding hydrogens is 278 g/mol. The van der Waals surface area contributed by atoms with Gasteiger partial charge in [0.05, 0.1) is 7.11 Å². The maximum atomic E-state index is 5.23. The van der Waals surface area contributed by atoms with Crippen molar-refractivity contribution in [1.82, 2.24) is 0 Å². The lowest BCUT2D eigenvalue weighted by atomic mass is 10.0. The van der Waals surface area contributed by atoms with Crippen molar-refractivity contribution in [3.05, 3.63) is 88.6 Å². The fourth-order valence-electron chi connectivity index (χ4n) is 2.12. The van der Waals surface area contributed by atoms with E-state index in [1.54, 1.807) is 18.4 Å². The number of rotatable bonds is 5. The van der Waals surface area contributed by atoms with Crippen molar-refractivity contribution in [3.8, 4) is 5.75 Å². The first-order chi connectivity index (χ1) is 10.4. The van der Waals surface area contributed by atoms with Gasteiger partial charge in [0.25, 0.3) is 0 Å². The second-order valence-electron chi connectivity index (χ2n) is 4.57. The van der Waals surface area contributed by atoms with E-state index in [1.807, 2.05) is 30.3 Å². The summed E-state index contributed by atoms with van der Waals surface area (Å²) in [6, 6.07) is 23.6. The minimum absolute atomic E-state index is 0.865. The van der Waals surface area contributed by atoms with E-state index in [0.29, 0.717) is 0 Å². The molecule has 0 amide bonds. The van der Waals surface area contributed by atoms with Gasteiger partial charge < -0.3 is 10.1 Å². The fourth-order valence-corrected chi connectivity index (χ4v) is 2.87. The Morgan fingerprint density at radius 2 is 1.67 bits per heavy atom. The number of thiophene rings is 1. The first-order valence-electron chi connectivity index (χ1n) is 6.74. The summed E-state index contributed by atoms with van der Waals surface area (Å²) in [7, 11) is 1.68. The van der Waals surface area contributed by atoms with Gasteiger partial charge in [0, 0.05) is 10.6 Å². The Morgan fingerprint density at radius 1 is 0.905 bits per heavy atom.